The van der Waals surface area contributed by atoms with Crippen molar-refractivity contribution in [3.63, 3.8) is 0 Å². The number of halogens is 1. The second kappa shape index (κ2) is 5.47. The van der Waals surface area contributed by atoms with Crippen molar-refractivity contribution < 1.29 is 4.74 Å². The number of likely N-dealkylation sites (N-methyl/N-ethyl adjacent to an activating group) is 1. The Labute approximate surface area is 114 Å². The second-order valence-electron chi connectivity index (χ2n) is 4.62. The molecule has 4 heteroatoms. The van der Waals surface area contributed by atoms with Gasteiger partial charge in [-0.3, -0.25) is 4.90 Å². The molecule has 3 nitrogen and oxygen atoms in total. The highest BCUT2D eigenvalue weighted by Crippen LogP contribution is 2.43. The zero-order valence-corrected chi connectivity index (χ0v) is 11.8. The summed E-state index contributed by atoms with van der Waals surface area (Å²) >= 11 is 6.23. The third kappa shape index (κ3) is 2.00. The van der Waals surface area contributed by atoms with Gasteiger partial charge in [-0.2, -0.15) is 0 Å². The predicted octanol–water partition coefficient (Wildman–Crippen LogP) is 2.62. The number of hydrogen-bond donors (Lipinski definition) is 1. The third-order valence-corrected chi connectivity index (χ3v) is 4.23. The molecule has 0 amide bonds. The van der Waals surface area contributed by atoms with Crippen LogP contribution in [0.25, 0.3) is 0 Å². The largest absolute Gasteiger partial charge is 0.492 e. The highest BCUT2D eigenvalue weighted by molar-refractivity contribution is 6.32. The molecule has 1 aliphatic heterocycles. The van der Waals surface area contributed by atoms with Gasteiger partial charge in [-0.15, -0.1) is 0 Å². The van der Waals surface area contributed by atoms with E-state index in [9.17, 15) is 0 Å². The maximum atomic E-state index is 6.23. The van der Waals surface area contributed by atoms with Crippen molar-refractivity contribution in [2.24, 2.45) is 5.73 Å². The topological polar surface area (TPSA) is 38.5 Å². The Morgan fingerprint density at radius 3 is 2.72 bits per heavy atom. The van der Waals surface area contributed by atoms with Crippen molar-refractivity contribution in [2.45, 2.75) is 25.8 Å². The van der Waals surface area contributed by atoms with Gasteiger partial charge in [0.25, 0.3) is 0 Å². The van der Waals surface area contributed by atoms with Gasteiger partial charge in [-0.05, 0) is 19.2 Å². The van der Waals surface area contributed by atoms with Crippen LogP contribution >= 0.6 is 11.6 Å². The predicted molar refractivity (Wildman–Crippen MR) is 75.2 cm³/mol. The Hall–Kier alpha value is -0.770. The van der Waals surface area contributed by atoms with E-state index in [4.69, 9.17) is 22.1 Å². The maximum absolute atomic E-state index is 6.23. The standard InChI is InChI=1S/C14H21ClN2O/c1-3-17(4-2)14(10-16)8-9-18-13-11(14)6-5-7-12(13)15/h5-7H,3-4,8-10,16H2,1-2H3. The summed E-state index contributed by atoms with van der Waals surface area (Å²) in [6.45, 7) is 7.54. The van der Waals surface area contributed by atoms with Gasteiger partial charge in [0.2, 0.25) is 0 Å². The molecule has 0 aliphatic carbocycles. The molecule has 1 aliphatic rings. The number of ether oxygens (including phenoxy) is 1. The van der Waals surface area contributed by atoms with Crippen LogP contribution in [0.2, 0.25) is 5.02 Å². The van der Waals surface area contributed by atoms with Crippen LogP contribution in [0.4, 0.5) is 0 Å². The number of nitrogens with zero attached hydrogens (tertiary/aromatic N) is 1. The van der Waals surface area contributed by atoms with Crippen LogP contribution in [0.15, 0.2) is 18.2 Å². The minimum absolute atomic E-state index is 0.137. The van der Waals surface area contributed by atoms with Gasteiger partial charge in [0, 0.05) is 18.5 Å². The van der Waals surface area contributed by atoms with E-state index in [1.807, 2.05) is 12.1 Å². The van der Waals surface area contributed by atoms with Gasteiger partial charge in [0.15, 0.2) is 0 Å². The summed E-state index contributed by atoms with van der Waals surface area (Å²) in [6, 6.07) is 5.94. The summed E-state index contributed by atoms with van der Waals surface area (Å²) in [5.74, 6) is 0.808. The maximum Gasteiger partial charge on any atom is 0.142 e. The summed E-state index contributed by atoms with van der Waals surface area (Å²) in [5.41, 5.74) is 7.11. The number of rotatable bonds is 4. The van der Waals surface area contributed by atoms with Gasteiger partial charge in [0.1, 0.15) is 5.75 Å². The van der Waals surface area contributed by atoms with Crippen molar-refractivity contribution in [1.29, 1.82) is 0 Å². The van der Waals surface area contributed by atoms with Crippen LogP contribution < -0.4 is 10.5 Å². The number of para-hydroxylation sites is 1. The van der Waals surface area contributed by atoms with Gasteiger partial charge >= 0.3 is 0 Å². The lowest BCUT2D eigenvalue weighted by Gasteiger charge is -2.46. The Morgan fingerprint density at radius 2 is 2.11 bits per heavy atom. The molecule has 1 aromatic rings. The van der Waals surface area contributed by atoms with E-state index in [1.165, 1.54) is 0 Å². The zero-order valence-electron chi connectivity index (χ0n) is 11.1. The molecule has 2 N–H and O–H groups in total. The Morgan fingerprint density at radius 1 is 1.39 bits per heavy atom. The summed E-state index contributed by atoms with van der Waals surface area (Å²) in [5, 5.41) is 0.678. The fourth-order valence-electron chi connectivity index (χ4n) is 2.98. The van der Waals surface area contributed by atoms with Crippen LogP contribution in [-0.4, -0.2) is 31.1 Å². The average molecular weight is 269 g/mol. The van der Waals surface area contributed by atoms with Gasteiger partial charge in [-0.25, -0.2) is 0 Å². The summed E-state index contributed by atoms with van der Waals surface area (Å²) < 4.78 is 5.74. The van der Waals surface area contributed by atoms with E-state index in [1.54, 1.807) is 0 Å². The van der Waals surface area contributed by atoms with Crippen LogP contribution in [-0.2, 0) is 5.54 Å². The SMILES string of the molecule is CCN(CC)C1(CN)CCOc2c(Cl)cccc21. The molecule has 0 aromatic heterocycles. The molecule has 0 saturated carbocycles. The van der Waals surface area contributed by atoms with Gasteiger partial charge < -0.3 is 10.5 Å². The molecule has 0 bridgehead atoms. The van der Waals surface area contributed by atoms with E-state index in [0.29, 0.717) is 18.2 Å². The fourth-order valence-corrected chi connectivity index (χ4v) is 3.21. The molecule has 1 aromatic carbocycles. The molecule has 1 unspecified atom stereocenters. The highest BCUT2D eigenvalue weighted by Gasteiger charge is 2.41. The van der Waals surface area contributed by atoms with E-state index in [2.05, 4.69) is 24.8 Å². The second-order valence-corrected chi connectivity index (χ2v) is 5.03. The molecular formula is C14H21ClN2O. The van der Waals surface area contributed by atoms with E-state index < -0.39 is 0 Å². The molecule has 18 heavy (non-hydrogen) atoms. The smallest absolute Gasteiger partial charge is 0.142 e. The minimum Gasteiger partial charge on any atom is -0.492 e. The number of hydrogen-bond acceptors (Lipinski definition) is 3. The van der Waals surface area contributed by atoms with Crippen molar-refractivity contribution >= 4 is 11.6 Å². The molecule has 0 saturated heterocycles. The molecule has 0 radical (unpaired) electrons. The first-order valence-electron chi connectivity index (χ1n) is 6.56. The van der Waals surface area contributed by atoms with Crippen molar-refractivity contribution in [2.75, 3.05) is 26.2 Å². The van der Waals surface area contributed by atoms with Crippen molar-refractivity contribution in [3.8, 4) is 5.75 Å². The molecular weight excluding hydrogens is 248 g/mol. The first-order chi connectivity index (χ1) is 8.69. The van der Waals surface area contributed by atoms with Crippen LogP contribution in [0, 0.1) is 0 Å². The Balaban J connectivity index is 2.55. The van der Waals surface area contributed by atoms with Gasteiger partial charge in [-0.1, -0.05) is 37.6 Å². The van der Waals surface area contributed by atoms with Crippen LogP contribution in [0.1, 0.15) is 25.8 Å². The van der Waals surface area contributed by atoms with Crippen molar-refractivity contribution in [1.82, 2.24) is 4.90 Å². The molecule has 1 heterocycles. The summed E-state index contributed by atoms with van der Waals surface area (Å²) in [6.07, 6.45) is 0.915. The van der Waals surface area contributed by atoms with E-state index in [-0.39, 0.29) is 5.54 Å². The lowest BCUT2D eigenvalue weighted by molar-refractivity contribution is 0.0575. The normalized spacial score (nSPS) is 22.7. The number of nitrogens with two attached hydrogens (primary N) is 1. The van der Waals surface area contributed by atoms with Crippen LogP contribution in [0.3, 0.4) is 0 Å². The zero-order chi connectivity index (χ0) is 13.2. The monoisotopic (exact) mass is 268 g/mol. The molecule has 1 atom stereocenters. The Kier molecular flexibility index (Phi) is 4.15. The third-order valence-electron chi connectivity index (χ3n) is 3.94. The first-order valence-corrected chi connectivity index (χ1v) is 6.94. The highest BCUT2D eigenvalue weighted by atomic mass is 35.5. The van der Waals surface area contributed by atoms with E-state index in [0.717, 1.165) is 30.8 Å². The minimum atomic E-state index is -0.137. The number of fused-ring (bicyclic) bond motifs is 1. The van der Waals surface area contributed by atoms with E-state index >= 15 is 0 Å². The van der Waals surface area contributed by atoms with Crippen LogP contribution in [0.5, 0.6) is 5.75 Å². The molecule has 0 spiro atoms. The summed E-state index contributed by atoms with van der Waals surface area (Å²) in [7, 11) is 0. The van der Waals surface area contributed by atoms with Crippen molar-refractivity contribution in [3.05, 3.63) is 28.8 Å². The quantitative estimate of drug-likeness (QED) is 0.912. The first kappa shape index (κ1) is 13.7. The number of benzene rings is 1. The Bertz CT molecular complexity index is 420. The van der Waals surface area contributed by atoms with Gasteiger partial charge in [0.05, 0.1) is 17.2 Å². The summed E-state index contributed by atoms with van der Waals surface area (Å²) in [4.78, 5) is 2.41. The lowest BCUT2D eigenvalue weighted by Crippen LogP contribution is -2.53. The average Bonchev–Trinajstić information content (AvgIpc) is 2.41. The fraction of sp³-hybridized carbons (Fsp3) is 0.571. The molecule has 2 rings (SSSR count). The lowest BCUT2D eigenvalue weighted by atomic mass is 9.82. The molecule has 0 fully saturated rings. The molecule has 100 valence electrons.